The highest BCUT2D eigenvalue weighted by Crippen LogP contribution is 2.24. The number of carbonyl (C=O) groups excluding carboxylic acids is 1. The number of aliphatic hydroxyl groups excluding tert-OH is 7. The third-order valence-corrected chi connectivity index (χ3v) is 15.1. The summed E-state index contributed by atoms with van der Waals surface area (Å²) in [5.41, 5.74) is 0. The summed E-state index contributed by atoms with van der Waals surface area (Å²) in [6.07, 6.45) is 47.6. The predicted molar refractivity (Wildman–Crippen MR) is 293 cm³/mol. The number of amides is 1. The molecule has 1 fully saturated rings. The summed E-state index contributed by atoms with van der Waals surface area (Å²) < 4.78 is 11.1. The van der Waals surface area contributed by atoms with Gasteiger partial charge in [0.1, 0.15) is 36.6 Å². The third kappa shape index (κ3) is 38.1. The van der Waals surface area contributed by atoms with Gasteiger partial charge in [0.15, 0.2) is 6.29 Å². The van der Waals surface area contributed by atoms with Crippen LogP contribution in [-0.2, 0) is 14.3 Å². The summed E-state index contributed by atoms with van der Waals surface area (Å²) in [6.45, 7) is 3.43. The number of aliphatic hydroxyl groups is 7. The summed E-state index contributed by atoms with van der Waals surface area (Å²) in [7, 11) is 0. The van der Waals surface area contributed by atoms with E-state index in [1.165, 1.54) is 218 Å². The maximum absolute atomic E-state index is 13.1. The van der Waals surface area contributed by atoms with E-state index < -0.39 is 74.2 Å². The first kappa shape index (κ1) is 67.9. The van der Waals surface area contributed by atoms with Crippen molar-refractivity contribution >= 4 is 5.91 Å². The number of hydrogen-bond donors (Lipinski definition) is 8. The van der Waals surface area contributed by atoms with Crippen LogP contribution in [0.3, 0.4) is 0 Å². The van der Waals surface area contributed by atoms with Gasteiger partial charge in [-0.2, -0.15) is 0 Å². The van der Waals surface area contributed by atoms with Gasteiger partial charge in [-0.1, -0.05) is 270 Å². The topological polar surface area (TPSA) is 189 Å². The summed E-state index contributed by atoms with van der Waals surface area (Å²) in [4.78, 5) is 13.1. The Balaban J connectivity index is 2.11. The molecule has 0 aliphatic carbocycles. The van der Waals surface area contributed by atoms with Crippen molar-refractivity contribution in [3.8, 4) is 0 Å². The Kier molecular flexibility index (Phi) is 47.5. The fourth-order valence-corrected chi connectivity index (χ4v) is 10.1. The number of carbonyl (C=O) groups is 1. The maximum atomic E-state index is 13.1. The molecule has 9 atom stereocenters. The SMILES string of the molecule is CCCCCCC/C=C/CCCC(O)C(O)C(COC1OC(CO)C(O)C(O)C1O)NC(=O)C(O)CCCCCCCCCCCCCCCCCCCCCCCCCCCCCCCCCCCC. The number of hydrogen-bond acceptors (Lipinski definition) is 10. The molecule has 1 heterocycles. The summed E-state index contributed by atoms with van der Waals surface area (Å²) in [5, 5.41) is 75.8. The Hall–Kier alpha value is -1.15. The minimum absolute atomic E-state index is 0.259. The van der Waals surface area contributed by atoms with Crippen molar-refractivity contribution in [3.63, 3.8) is 0 Å². The molecule has 0 spiro atoms. The molecule has 0 aromatic heterocycles. The Morgan fingerprint density at radius 1 is 0.479 bits per heavy atom. The van der Waals surface area contributed by atoms with Crippen LogP contribution in [0.4, 0.5) is 0 Å². The van der Waals surface area contributed by atoms with Crippen LogP contribution in [0.2, 0.25) is 0 Å². The van der Waals surface area contributed by atoms with E-state index in [0.29, 0.717) is 12.8 Å². The summed E-state index contributed by atoms with van der Waals surface area (Å²) in [5.74, 6) is -0.702. The van der Waals surface area contributed by atoms with Gasteiger partial charge >= 0.3 is 0 Å². The lowest BCUT2D eigenvalue weighted by molar-refractivity contribution is -0.303. The molecule has 9 unspecified atom stereocenters. The first-order chi connectivity index (χ1) is 34.7. The zero-order valence-corrected chi connectivity index (χ0v) is 46.2. The van der Waals surface area contributed by atoms with Gasteiger partial charge in [-0.15, -0.1) is 0 Å². The van der Waals surface area contributed by atoms with Crippen LogP contribution in [0.15, 0.2) is 12.2 Å². The van der Waals surface area contributed by atoms with E-state index in [1.807, 2.05) is 0 Å². The highest BCUT2D eigenvalue weighted by atomic mass is 16.7. The first-order valence-electron chi connectivity index (χ1n) is 30.6. The quantitative estimate of drug-likeness (QED) is 0.0215. The van der Waals surface area contributed by atoms with Gasteiger partial charge in [0.05, 0.1) is 25.4 Å². The van der Waals surface area contributed by atoms with Crippen molar-refractivity contribution in [1.82, 2.24) is 5.32 Å². The van der Waals surface area contributed by atoms with Crippen LogP contribution in [0.5, 0.6) is 0 Å². The van der Waals surface area contributed by atoms with Crippen LogP contribution >= 0.6 is 0 Å². The average molecular weight is 1010 g/mol. The zero-order valence-electron chi connectivity index (χ0n) is 46.2. The smallest absolute Gasteiger partial charge is 0.249 e. The van der Waals surface area contributed by atoms with Crippen LogP contribution in [0.25, 0.3) is 0 Å². The lowest BCUT2D eigenvalue weighted by Crippen LogP contribution is -2.60. The van der Waals surface area contributed by atoms with Gasteiger partial charge in [0, 0.05) is 0 Å². The van der Waals surface area contributed by atoms with Gasteiger partial charge in [-0.25, -0.2) is 0 Å². The highest BCUT2D eigenvalue weighted by molar-refractivity contribution is 5.80. The predicted octanol–water partition coefficient (Wildman–Crippen LogP) is 13.1. The lowest BCUT2D eigenvalue weighted by atomic mass is 9.98. The molecule has 0 radical (unpaired) electrons. The second-order valence-electron chi connectivity index (χ2n) is 21.8. The van der Waals surface area contributed by atoms with Gasteiger partial charge in [-0.05, 0) is 38.5 Å². The Morgan fingerprint density at radius 3 is 1.21 bits per heavy atom. The minimum atomic E-state index is -1.66. The molecule has 8 N–H and O–H groups in total. The van der Waals surface area contributed by atoms with E-state index in [9.17, 15) is 40.5 Å². The standard InChI is InChI=1S/C60H117NO10/c1-3-5-7-9-11-13-15-16-17-18-19-20-21-22-23-24-25-26-27-28-29-30-31-32-33-34-35-36-37-38-40-42-44-46-48-53(64)59(69)61-51(50-70-60-58(68)57(67)56(66)54(49-62)71-60)55(65)52(63)47-45-43-41-39-14-12-10-8-6-4-2/h39,41,51-58,60,62-68H,3-38,40,42-50H2,1-2H3,(H,61,69)/b41-39+. The second kappa shape index (κ2) is 49.7. The van der Waals surface area contributed by atoms with E-state index in [-0.39, 0.29) is 12.8 Å². The molecule has 1 rings (SSSR count). The molecule has 1 aliphatic rings. The maximum Gasteiger partial charge on any atom is 0.249 e. The molecule has 1 saturated heterocycles. The highest BCUT2D eigenvalue weighted by Gasteiger charge is 2.44. The van der Waals surface area contributed by atoms with E-state index >= 15 is 0 Å². The molecule has 11 heteroatoms. The molecule has 0 aromatic rings. The molecule has 1 aliphatic heterocycles. The van der Waals surface area contributed by atoms with Crippen molar-refractivity contribution in [2.75, 3.05) is 13.2 Å². The van der Waals surface area contributed by atoms with Crippen LogP contribution in [0.1, 0.15) is 296 Å². The molecular formula is C60H117NO10. The molecule has 0 aromatic carbocycles. The van der Waals surface area contributed by atoms with E-state index in [4.69, 9.17) is 9.47 Å². The molecule has 1 amide bonds. The van der Waals surface area contributed by atoms with E-state index in [0.717, 1.165) is 38.5 Å². The number of unbranched alkanes of at least 4 members (excludes halogenated alkanes) is 39. The van der Waals surface area contributed by atoms with Gasteiger partial charge < -0.3 is 50.5 Å². The second-order valence-corrected chi connectivity index (χ2v) is 21.8. The van der Waals surface area contributed by atoms with E-state index in [1.54, 1.807) is 0 Å². The summed E-state index contributed by atoms with van der Waals surface area (Å²) >= 11 is 0. The van der Waals surface area contributed by atoms with Crippen LogP contribution < -0.4 is 5.32 Å². The molecule has 0 bridgehead atoms. The van der Waals surface area contributed by atoms with Crippen molar-refractivity contribution < 1.29 is 50.0 Å². The Labute approximate surface area is 436 Å². The zero-order chi connectivity index (χ0) is 51.8. The molecular weight excluding hydrogens is 895 g/mol. The first-order valence-corrected chi connectivity index (χ1v) is 30.6. The van der Waals surface area contributed by atoms with Crippen molar-refractivity contribution in [2.45, 2.75) is 351 Å². The minimum Gasteiger partial charge on any atom is -0.394 e. The molecule has 0 saturated carbocycles. The van der Waals surface area contributed by atoms with Crippen LogP contribution in [-0.4, -0.2) is 110 Å². The molecule has 422 valence electrons. The number of ether oxygens (including phenoxy) is 2. The third-order valence-electron chi connectivity index (χ3n) is 15.1. The average Bonchev–Trinajstić information content (AvgIpc) is 3.37. The summed E-state index contributed by atoms with van der Waals surface area (Å²) in [6, 6.07) is -1.18. The number of nitrogens with one attached hydrogen (secondary N) is 1. The van der Waals surface area contributed by atoms with Crippen molar-refractivity contribution in [1.29, 1.82) is 0 Å². The van der Waals surface area contributed by atoms with Crippen molar-refractivity contribution in [2.24, 2.45) is 0 Å². The Bertz CT molecular complexity index is 1160. The van der Waals surface area contributed by atoms with Crippen LogP contribution in [0, 0.1) is 0 Å². The number of rotatable bonds is 53. The number of allylic oxidation sites excluding steroid dienone is 2. The van der Waals surface area contributed by atoms with Gasteiger partial charge in [0.25, 0.3) is 0 Å². The monoisotopic (exact) mass is 1010 g/mol. The fourth-order valence-electron chi connectivity index (χ4n) is 10.1. The largest absolute Gasteiger partial charge is 0.394 e. The van der Waals surface area contributed by atoms with Gasteiger partial charge in [0.2, 0.25) is 5.91 Å². The van der Waals surface area contributed by atoms with Crippen molar-refractivity contribution in [3.05, 3.63) is 12.2 Å². The Morgan fingerprint density at radius 2 is 0.831 bits per heavy atom. The molecule has 11 nitrogen and oxygen atoms in total. The van der Waals surface area contributed by atoms with E-state index in [2.05, 4.69) is 31.3 Å². The fraction of sp³-hybridized carbons (Fsp3) is 0.950. The normalized spacial score (nSPS) is 20.2. The van der Waals surface area contributed by atoms with Gasteiger partial charge in [-0.3, -0.25) is 4.79 Å². The molecule has 71 heavy (non-hydrogen) atoms. The lowest BCUT2D eigenvalue weighted by Gasteiger charge is -2.40.